The Balaban J connectivity index is 0.00000549. The molecule has 0 aliphatic carbocycles. The Bertz CT molecular complexity index is 2540. The van der Waals surface area contributed by atoms with E-state index < -0.39 is 52.6 Å². The molecule has 5 aromatic rings. The van der Waals surface area contributed by atoms with Gasteiger partial charge in [0, 0.05) is 10.0 Å². The molecule has 8 bridgehead atoms. The van der Waals surface area contributed by atoms with E-state index in [0.29, 0.717) is 39.0 Å². The topological polar surface area (TPSA) is 54.0 Å². The van der Waals surface area contributed by atoms with Crippen molar-refractivity contribution in [2.45, 2.75) is 35.8 Å². The van der Waals surface area contributed by atoms with Crippen LogP contribution in [0.4, 0.5) is 57.1 Å². The Labute approximate surface area is 333 Å². The number of aromatic nitrogens is 4. The third-order valence-electron chi connectivity index (χ3n) is 8.92. The van der Waals surface area contributed by atoms with Crippen LogP contribution in [0.5, 0.6) is 0 Å². The quantitative estimate of drug-likeness (QED) is 0.118. The summed E-state index contributed by atoms with van der Waals surface area (Å²) in [5, 5.41) is 0. The van der Waals surface area contributed by atoms with Crippen molar-refractivity contribution in [2.24, 2.45) is 0 Å². The molecule has 2 aromatic carbocycles. The van der Waals surface area contributed by atoms with Crippen LogP contribution in [0.15, 0.2) is 89.4 Å². The second-order valence-electron chi connectivity index (χ2n) is 12.4. The zero-order valence-corrected chi connectivity index (χ0v) is 32.7. The Hall–Kier alpha value is -4.77. The summed E-state index contributed by atoms with van der Waals surface area (Å²) in [6.45, 7) is 0. The average Bonchev–Trinajstić information content (AvgIpc) is 3.98. The van der Waals surface area contributed by atoms with Gasteiger partial charge in [0.2, 0.25) is 0 Å². The molecule has 57 heavy (non-hydrogen) atoms. The average molecular weight is 923 g/mol. The number of halogens is 14. The van der Waals surface area contributed by atoms with Crippen molar-refractivity contribution in [3.63, 3.8) is 0 Å². The molecule has 0 saturated carbocycles. The summed E-state index contributed by atoms with van der Waals surface area (Å²) in [6.07, 6.45) is -2.91. The third kappa shape index (κ3) is 6.50. The summed E-state index contributed by atoms with van der Waals surface area (Å²) in [5.74, 6) is -38.4. The number of hydrogen-bond acceptors (Lipinski definition) is 2. The van der Waals surface area contributed by atoms with E-state index in [1.807, 2.05) is 0 Å². The monoisotopic (exact) mass is 920 g/mol. The van der Waals surface area contributed by atoms with Crippen molar-refractivity contribution in [2.75, 3.05) is 0 Å². The summed E-state index contributed by atoms with van der Waals surface area (Å²) in [5.41, 5.74) is -3.82. The molecule has 0 saturated heterocycles. The molecule has 0 atom stereocenters. The van der Waals surface area contributed by atoms with Gasteiger partial charge >= 0.3 is 55.3 Å². The Morgan fingerprint density at radius 2 is 0.807 bits per heavy atom. The maximum absolute atomic E-state index is 16.4. The fourth-order valence-electron chi connectivity index (χ4n) is 6.10. The largest absolute Gasteiger partial charge is 2.00 e. The van der Waals surface area contributed by atoms with Crippen LogP contribution in [-0.2, 0) is 25.4 Å². The SMILES string of the molecule is FC(F)(F)C(F)(F)C(F)(F)C(F)(F)C(F)(F)C(F)(F)c1c2nc(c(-c3ccccc3)c3ccc([n-]3)c(Br)c3nc(c(-c4ccccc4)c4ccc1[n-]4)C=C3)C=C2.[Zn+2]. The molecule has 0 radical (unpaired) electrons. The Morgan fingerprint density at radius 3 is 1.30 bits per heavy atom. The van der Waals surface area contributed by atoms with Gasteiger partial charge in [-0.2, -0.15) is 57.1 Å². The second-order valence-corrected chi connectivity index (χ2v) is 13.2. The molecular weight excluding hydrogens is 905 g/mol. The summed E-state index contributed by atoms with van der Waals surface area (Å²) >= 11 is 3.51. The van der Waals surface area contributed by atoms with E-state index in [-0.39, 0.29) is 53.0 Å². The van der Waals surface area contributed by atoms with E-state index in [1.54, 1.807) is 48.5 Å². The van der Waals surface area contributed by atoms with E-state index in [1.165, 1.54) is 36.4 Å². The van der Waals surface area contributed by atoms with E-state index in [0.717, 1.165) is 12.1 Å². The van der Waals surface area contributed by atoms with Gasteiger partial charge in [-0.25, -0.2) is 9.97 Å². The second kappa shape index (κ2) is 14.3. The fraction of sp³-hybridized carbons (Fsp3) is 0.158. The number of rotatable bonds is 7. The molecule has 2 aliphatic rings. The normalized spacial score (nSPS) is 13.9. The Kier molecular flexibility index (Phi) is 10.5. The van der Waals surface area contributed by atoms with Crippen molar-refractivity contribution in [1.29, 1.82) is 0 Å². The van der Waals surface area contributed by atoms with Crippen molar-refractivity contribution in [1.82, 2.24) is 19.9 Å². The molecule has 0 fully saturated rings. The molecule has 290 valence electrons. The number of alkyl halides is 13. The fourth-order valence-corrected chi connectivity index (χ4v) is 6.54. The third-order valence-corrected chi connectivity index (χ3v) is 9.73. The number of benzene rings is 2. The van der Waals surface area contributed by atoms with Crippen LogP contribution in [0, 0.1) is 0 Å². The first-order valence-electron chi connectivity index (χ1n) is 15.9. The van der Waals surface area contributed by atoms with Gasteiger partial charge in [-0.15, -0.1) is 22.1 Å². The van der Waals surface area contributed by atoms with Gasteiger partial charge in [0.1, 0.15) is 0 Å². The first-order chi connectivity index (χ1) is 26.1. The molecule has 4 nitrogen and oxygen atoms in total. The molecule has 3 aromatic heterocycles. The van der Waals surface area contributed by atoms with E-state index in [2.05, 4.69) is 35.9 Å². The maximum Gasteiger partial charge on any atom is 2.00 e. The predicted molar refractivity (Wildman–Crippen MR) is 185 cm³/mol. The zero-order valence-electron chi connectivity index (χ0n) is 28.2. The predicted octanol–water partition coefficient (Wildman–Crippen LogP) is 12.2. The van der Waals surface area contributed by atoms with E-state index in [4.69, 9.17) is 0 Å². The number of nitrogens with zero attached hydrogens (tertiary/aromatic N) is 4. The number of hydrogen-bond donors (Lipinski definition) is 0. The van der Waals surface area contributed by atoms with Gasteiger partial charge in [0.15, 0.2) is 0 Å². The van der Waals surface area contributed by atoms with Crippen LogP contribution in [0.1, 0.15) is 28.3 Å². The molecular formula is C38H18BrF13N4Zn. The van der Waals surface area contributed by atoms with E-state index >= 15 is 26.3 Å². The van der Waals surface area contributed by atoms with Crippen molar-refractivity contribution < 1.29 is 76.6 Å². The number of fused-ring (bicyclic) bond motifs is 8. The van der Waals surface area contributed by atoms with Gasteiger partial charge < -0.3 is 9.97 Å². The summed E-state index contributed by atoms with van der Waals surface area (Å²) in [4.78, 5) is 17.2. The van der Waals surface area contributed by atoms with Crippen molar-refractivity contribution >= 4 is 62.3 Å². The summed E-state index contributed by atoms with van der Waals surface area (Å²) < 4.78 is 190. The van der Waals surface area contributed by atoms with Crippen LogP contribution < -0.4 is 9.97 Å². The van der Waals surface area contributed by atoms with Crippen molar-refractivity contribution in [3.8, 4) is 22.3 Å². The molecule has 0 spiro atoms. The van der Waals surface area contributed by atoms with Crippen LogP contribution in [-0.4, -0.2) is 39.8 Å². The standard InChI is InChI=1S/C38H18BrF13N4.Zn/c39-32-27-17-13-23(55-27)29(19-7-3-1-4-8-19)21-11-15-25(53-21)31(33(40,41)34(42,43)35(44,45)36(46,47)37(48,49)38(50,51)52)26-16-12-22(54-26)30(20-9-5-2-6-10-20)24-14-18-28(32)56-24;/h1-18H;/q-2;+2. The van der Waals surface area contributed by atoms with Gasteiger partial charge in [-0.1, -0.05) is 84.9 Å². The summed E-state index contributed by atoms with van der Waals surface area (Å²) in [6, 6.07) is 20.3. The van der Waals surface area contributed by atoms with Gasteiger partial charge in [0.05, 0.1) is 22.8 Å². The minimum atomic E-state index is -8.10. The smallest absolute Gasteiger partial charge is 0.657 e. The molecule has 0 unspecified atom stereocenters. The molecule has 2 aliphatic heterocycles. The van der Waals surface area contributed by atoms with Gasteiger partial charge in [-0.05, 0) is 62.5 Å². The first-order valence-corrected chi connectivity index (χ1v) is 16.7. The van der Waals surface area contributed by atoms with E-state index in [9.17, 15) is 30.7 Å². The van der Waals surface area contributed by atoms with Crippen LogP contribution in [0.3, 0.4) is 0 Å². The molecule has 0 amide bonds. The minimum Gasteiger partial charge on any atom is -0.657 e. The molecule has 19 heteroatoms. The maximum atomic E-state index is 16.4. The molecule has 7 rings (SSSR count). The van der Waals surface area contributed by atoms with Crippen LogP contribution in [0.2, 0.25) is 0 Å². The van der Waals surface area contributed by atoms with Crippen LogP contribution >= 0.6 is 15.9 Å². The molecule has 0 N–H and O–H groups in total. The van der Waals surface area contributed by atoms with Gasteiger partial charge in [-0.3, -0.25) is 0 Å². The summed E-state index contributed by atoms with van der Waals surface area (Å²) in [7, 11) is 0. The zero-order chi connectivity index (χ0) is 40.6. The molecule has 5 heterocycles. The van der Waals surface area contributed by atoms with Gasteiger partial charge in [0.25, 0.3) is 0 Å². The van der Waals surface area contributed by atoms with Crippen LogP contribution in [0.25, 0.3) is 68.6 Å². The first kappa shape index (κ1) is 41.9. The minimum absolute atomic E-state index is 0. The van der Waals surface area contributed by atoms with Crippen molar-refractivity contribution in [3.05, 3.63) is 118 Å². The Morgan fingerprint density at radius 1 is 0.421 bits per heavy atom.